The molecule has 0 saturated carbocycles. The summed E-state index contributed by atoms with van der Waals surface area (Å²) in [5.74, 6) is 0.0715. The first-order valence-electron chi connectivity index (χ1n) is 7.15. The normalized spacial score (nSPS) is 22.5. The topological polar surface area (TPSA) is 75.3 Å². The number of sulfone groups is 1. The minimum atomic E-state index is -3.01. The van der Waals surface area contributed by atoms with E-state index in [1.165, 1.54) is 5.56 Å². The summed E-state index contributed by atoms with van der Waals surface area (Å²) in [4.78, 5) is 12.0. The molecule has 116 valence electrons. The molecule has 5 nitrogen and oxygen atoms in total. The van der Waals surface area contributed by atoms with Crippen molar-refractivity contribution in [2.45, 2.75) is 32.4 Å². The summed E-state index contributed by atoms with van der Waals surface area (Å²) in [5, 5.41) is 6.00. The smallest absolute Gasteiger partial charge is 0.222 e. The van der Waals surface area contributed by atoms with Gasteiger partial charge in [-0.1, -0.05) is 29.8 Å². The largest absolute Gasteiger partial charge is 0.350 e. The first-order valence-corrected chi connectivity index (χ1v) is 8.97. The van der Waals surface area contributed by atoms with Gasteiger partial charge in [0.2, 0.25) is 5.91 Å². The van der Waals surface area contributed by atoms with E-state index in [0.717, 1.165) is 5.56 Å². The maximum absolute atomic E-state index is 12.0. The van der Waals surface area contributed by atoms with Crippen LogP contribution in [-0.4, -0.2) is 38.4 Å². The van der Waals surface area contributed by atoms with Crippen LogP contribution in [0.2, 0.25) is 0 Å². The number of nitrogens with one attached hydrogen (secondary N) is 2. The molecule has 6 heteroatoms. The van der Waals surface area contributed by atoms with E-state index in [-0.39, 0.29) is 35.9 Å². The fourth-order valence-electron chi connectivity index (χ4n) is 2.46. The Bertz CT molecular complexity index is 596. The third kappa shape index (κ3) is 4.82. The van der Waals surface area contributed by atoms with Gasteiger partial charge in [0.15, 0.2) is 9.84 Å². The predicted octanol–water partition coefficient (Wildman–Crippen LogP) is 0.949. The molecule has 0 aliphatic carbocycles. The van der Waals surface area contributed by atoms with E-state index in [2.05, 4.69) is 10.6 Å². The van der Waals surface area contributed by atoms with Crippen molar-refractivity contribution in [1.29, 1.82) is 0 Å². The molecule has 0 aromatic heterocycles. The summed E-state index contributed by atoms with van der Waals surface area (Å²) in [6, 6.07) is 7.63. The van der Waals surface area contributed by atoms with Crippen molar-refractivity contribution < 1.29 is 13.2 Å². The fourth-order valence-corrected chi connectivity index (χ4v) is 3.91. The first kappa shape index (κ1) is 16.0. The molecule has 1 aliphatic rings. The second kappa shape index (κ2) is 6.58. The zero-order valence-corrected chi connectivity index (χ0v) is 13.2. The zero-order valence-electron chi connectivity index (χ0n) is 12.4. The lowest BCUT2D eigenvalue weighted by Crippen LogP contribution is -2.47. The van der Waals surface area contributed by atoms with Gasteiger partial charge in [0, 0.05) is 19.0 Å². The van der Waals surface area contributed by atoms with Crippen molar-refractivity contribution in [2.24, 2.45) is 0 Å². The third-order valence-corrected chi connectivity index (χ3v) is 5.42. The molecule has 1 amide bonds. The zero-order chi connectivity index (χ0) is 15.5. The average molecular weight is 310 g/mol. The molecule has 1 fully saturated rings. The van der Waals surface area contributed by atoms with Crippen LogP contribution in [0.15, 0.2) is 24.3 Å². The van der Waals surface area contributed by atoms with Crippen molar-refractivity contribution in [1.82, 2.24) is 10.6 Å². The van der Waals surface area contributed by atoms with Crippen LogP contribution in [0.3, 0.4) is 0 Å². The Balaban J connectivity index is 1.88. The maximum Gasteiger partial charge on any atom is 0.222 e. The van der Waals surface area contributed by atoms with Crippen LogP contribution >= 0.6 is 0 Å². The molecule has 1 saturated heterocycles. The second-order valence-electron chi connectivity index (χ2n) is 5.67. The molecule has 1 heterocycles. The molecule has 0 radical (unpaired) electrons. The van der Waals surface area contributed by atoms with E-state index in [4.69, 9.17) is 0 Å². The van der Waals surface area contributed by atoms with E-state index in [1.54, 1.807) is 0 Å². The molecular weight excluding hydrogens is 288 g/mol. The average Bonchev–Trinajstić information content (AvgIpc) is 2.37. The quantitative estimate of drug-likeness (QED) is 0.868. The standard InChI is InChI=1S/C15H22N2O3S/c1-11-3-5-13(6-4-11)12(2)17-15(18)9-14-10-21(19,20)8-7-16-14/h3-6,12,14,16H,7-10H2,1-2H3,(H,17,18)/t12-,14?/m1/s1. The van der Waals surface area contributed by atoms with Gasteiger partial charge in [0.1, 0.15) is 0 Å². The lowest BCUT2D eigenvalue weighted by molar-refractivity contribution is -0.122. The van der Waals surface area contributed by atoms with Gasteiger partial charge in [0.25, 0.3) is 0 Å². The summed E-state index contributed by atoms with van der Waals surface area (Å²) < 4.78 is 23.1. The van der Waals surface area contributed by atoms with Crippen LogP contribution in [0.4, 0.5) is 0 Å². The van der Waals surface area contributed by atoms with Crippen LogP contribution in [0.5, 0.6) is 0 Å². The number of aryl methyl sites for hydroxylation is 1. The van der Waals surface area contributed by atoms with Crippen LogP contribution in [-0.2, 0) is 14.6 Å². The minimum Gasteiger partial charge on any atom is -0.350 e. The highest BCUT2D eigenvalue weighted by atomic mass is 32.2. The summed E-state index contributed by atoms with van der Waals surface area (Å²) in [5.41, 5.74) is 2.21. The number of amides is 1. The molecule has 21 heavy (non-hydrogen) atoms. The number of hydrogen-bond acceptors (Lipinski definition) is 4. The molecule has 0 spiro atoms. The summed E-state index contributed by atoms with van der Waals surface area (Å²) in [6.45, 7) is 4.36. The van der Waals surface area contributed by atoms with Gasteiger partial charge in [-0.3, -0.25) is 4.79 Å². The van der Waals surface area contributed by atoms with Gasteiger partial charge in [-0.15, -0.1) is 0 Å². The summed E-state index contributed by atoms with van der Waals surface area (Å²) >= 11 is 0. The highest BCUT2D eigenvalue weighted by Gasteiger charge is 2.26. The lowest BCUT2D eigenvalue weighted by atomic mass is 10.1. The Morgan fingerprint density at radius 3 is 2.67 bits per heavy atom. The molecule has 1 aromatic carbocycles. The van der Waals surface area contributed by atoms with Crippen molar-refractivity contribution >= 4 is 15.7 Å². The molecule has 1 aromatic rings. The van der Waals surface area contributed by atoms with Gasteiger partial charge in [-0.05, 0) is 19.4 Å². The van der Waals surface area contributed by atoms with Gasteiger partial charge >= 0.3 is 0 Å². The van der Waals surface area contributed by atoms with Gasteiger partial charge < -0.3 is 10.6 Å². The van der Waals surface area contributed by atoms with Gasteiger partial charge in [-0.25, -0.2) is 8.42 Å². The Morgan fingerprint density at radius 2 is 2.05 bits per heavy atom. The third-order valence-electron chi connectivity index (χ3n) is 3.69. The Kier molecular flexibility index (Phi) is 5.00. The Hall–Kier alpha value is -1.40. The number of carbonyl (C=O) groups is 1. The molecular formula is C15H22N2O3S. The molecule has 1 aliphatic heterocycles. The van der Waals surface area contributed by atoms with Crippen molar-refractivity contribution in [3.05, 3.63) is 35.4 Å². The van der Waals surface area contributed by atoms with E-state index < -0.39 is 9.84 Å². The van der Waals surface area contributed by atoms with E-state index >= 15 is 0 Å². The van der Waals surface area contributed by atoms with Crippen molar-refractivity contribution in [3.63, 3.8) is 0 Å². The number of hydrogen-bond donors (Lipinski definition) is 2. The number of benzene rings is 1. The molecule has 2 N–H and O–H groups in total. The fraction of sp³-hybridized carbons (Fsp3) is 0.533. The molecule has 2 atom stereocenters. The second-order valence-corrected chi connectivity index (χ2v) is 7.90. The van der Waals surface area contributed by atoms with E-state index in [9.17, 15) is 13.2 Å². The van der Waals surface area contributed by atoms with Crippen LogP contribution in [0.25, 0.3) is 0 Å². The highest BCUT2D eigenvalue weighted by Crippen LogP contribution is 2.14. The minimum absolute atomic E-state index is 0.0410. The summed E-state index contributed by atoms with van der Waals surface area (Å²) in [7, 11) is -3.01. The Morgan fingerprint density at radius 1 is 1.38 bits per heavy atom. The molecule has 2 rings (SSSR count). The summed E-state index contributed by atoms with van der Waals surface area (Å²) in [6.07, 6.45) is 0.190. The van der Waals surface area contributed by atoms with E-state index in [1.807, 2.05) is 38.1 Å². The van der Waals surface area contributed by atoms with Crippen LogP contribution < -0.4 is 10.6 Å². The molecule has 0 bridgehead atoms. The Labute approximate surface area is 126 Å². The van der Waals surface area contributed by atoms with Crippen LogP contribution in [0.1, 0.15) is 30.5 Å². The highest BCUT2D eigenvalue weighted by molar-refractivity contribution is 7.91. The number of rotatable bonds is 4. The van der Waals surface area contributed by atoms with E-state index in [0.29, 0.717) is 6.54 Å². The SMILES string of the molecule is Cc1ccc([C@@H](C)NC(=O)CC2CS(=O)(=O)CCN2)cc1. The van der Waals surface area contributed by atoms with Gasteiger partial charge in [-0.2, -0.15) is 0 Å². The predicted molar refractivity (Wildman–Crippen MR) is 82.8 cm³/mol. The lowest BCUT2D eigenvalue weighted by Gasteiger charge is -2.24. The monoisotopic (exact) mass is 310 g/mol. The van der Waals surface area contributed by atoms with Crippen molar-refractivity contribution in [3.8, 4) is 0 Å². The number of carbonyl (C=O) groups excluding carboxylic acids is 1. The first-order chi connectivity index (χ1) is 9.85. The molecule has 1 unspecified atom stereocenters. The van der Waals surface area contributed by atoms with Crippen LogP contribution in [0, 0.1) is 6.92 Å². The maximum atomic E-state index is 12.0. The van der Waals surface area contributed by atoms with Crippen molar-refractivity contribution in [2.75, 3.05) is 18.1 Å². The van der Waals surface area contributed by atoms with Gasteiger partial charge in [0.05, 0.1) is 17.5 Å².